The number of hydrogen-bond donors (Lipinski definition) is 1. The van der Waals surface area contributed by atoms with Crippen molar-refractivity contribution < 1.29 is 0 Å². The van der Waals surface area contributed by atoms with Crippen LogP contribution in [0.1, 0.15) is 37.3 Å². The molecule has 1 aliphatic rings. The Morgan fingerprint density at radius 3 is 2.68 bits per heavy atom. The second-order valence-electron chi connectivity index (χ2n) is 6.68. The van der Waals surface area contributed by atoms with Gasteiger partial charge in [-0.25, -0.2) is 4.68 Å². The highest BCUT2D eigenvalue weighted by molar-refractivity contribution is 5.81. The van der Waals surface area contributed by atoms with Crippen molar-refractivity contribution in [3.8, 4) is 0 Å². The van der Waals surface area contributed by atoms with Gasteiger partial charge in [0.1, 0.15) is 0 Å². The molecule has 0 radical (unpaired) electrons. The first kappa shape index (κ1) is 16.0. The molecule has 128 valence electrons. The third-order valence-electron chi connectivity index (χ3n) is 5.10. The van der Waals surface area contributed by atoms with Crippen LogP contribution in [0.15, 0.2) is 59.7 Å². The second kappa shape index (κ2) is 7.15. The first-order valence-corrected chi connectivity index (χ1v) is 8.91. The molecule has 0 spiro atoms. The van der Waals surface area contributed by atoms with E-state index in [0.717, 1.165) is 37.7 Å². The number of rotatable bonds is 4. The van der Waals surface area contributed by atoms with E-state index < -0.39 is 0 Å². The van der Waals surface area contributed by atoms with Gasteiger partial charge < -0.3 is 5.32 Å². The van der Waals surface area contributed by atoms with Crippen LogP contribution in [0.25, 0.3) is 10.9 Å². The molecule has 5 heteroatoms. The monoisotopic (exact) mass is 334 g/mol. The molecule has 1 saturated carbocycles. The van der Waals surface area contributed by atoms with Crippen molar-refractivity contribution in [2.75, 3.05) is 0 Å². The standard InChI is InChI=1S/C20H22N4O/c25-20-6-3-12-23-24(20)17-9-7-16(8-10-17)22-14-15-11-13-21-19-5-2-1-4-18(15)19/h1-6,11-13,16-17,22H,7-10,14H2. The smallest absolute Gasteiger partial charge is 0.266 e. The van der Waals surface area contributed by atoms with Crippen LogP contribution in [-0.2, 0) is 6.54 Å². The van der Waals surface area contributed by atoms with Crippen molar-refractivity contribution in [1.82, 2.24) is 20.1 Å². The van der Waals surface area contributed by atoms with Crippen LogP contribution < -0.4 is 10.9 Å². The molecule has 4 rings (SSSR count). The molecule has 0 saturated heterocycles. The molecule has 1 aliphatic carbocycles. The lowest BCUT2D eigenvalue weighted by Gasteiger charge is -2.29. The van der Waals surface area contributed by atoms with E-state index in [9.17, 15) is 4.79 Å². The van der Waals surface area contributed by atoms with Crippen molar-refractivity contribution in [3.05, 3.63) is 70.8 Å². The zero-order valence-corrected chi connectivity index (χ0v) is 14.1. The Morgan fingerprint density at radius 1 is 1.00 bits per heavy atom. The lowest BCUT2D eigenvalue weighted by Crippen LogP contribution is -2.36. The maximum absolute atomic E-state index is 11.9. The zero-order valence-electron chi connectivity index (χ0n) is 14.1. The van der Waals surface area contributed by atoms with Gasteiger partial charge in [0.2, 0.25) is 0 Å². The first-order valence-electron chi connectivity index (χ1n) is 8.91. The van der Waals surface area contributed by atoms with E-state index in [-0.39, 0.29) is 11.6 Å². The van der Waals surface area contributed by atoms with Crippen LogP contribution in [0.2, 0.25) is 0 Å². The van der Waals surface area contributed by atoms with E-state index in [1.165, 1.54) is 10.9 Å². The van der Waals surface area contributed by atoms with Gasteiger partial charge in [-0.3, -0.25) is 9.78 Å². The fraction of sp³-hybridized carbons (Fsp3) is 0.350. The minimum Gasteiger partial charge on any atom is -0.310 e. The van der Waals surface area contributed by atoms with Gasteiger partial charge in [0.15, 0.2) is 0 Å². The van der Waals surface area contributed by atoms with Gasteiger partial charge >= 0.3 is 0 Å². The lowest BCUT2D eigenvalue weighted by molar-refractivity contribution is 0.269. The topological polar surface area (TPSA) is 59.8 Å². The van der Waals surface area contributed by atoms with Crippen LogP contribution in [0.4, 0.5) is 0 Å². The maximum Gasteiger partial charge on any atom is 0.266 e. The molecule has 0 aliphatic heterocycles. The summed E-state index contributed by atoms with van der Waals surface area (Å²) >= 11 is 0. The molecule has 25 heavy (non-hydrogen) atoms. The second-order valence-corrected chi connectivity index (χ2v) is 6.68. The van der Waals surface area contributed by atoms with Gasteiger partial charge in [0, 0.05) is 36.4 Å². The Hall–Kier alpha value is -2.53. The number of nitrogens with zero attached hydrogens (tertiary/aromatic N) is 3. The van der Waals surface area contributed by atoms with Gasteiger partial charge in [-0.15, -0.1) is 0 Å². The largest absolute Gasteiger partial charge is 0.310 e. The summed E-state index contributed by atoms with van der Waals surface area (Å²) in [5.74, 6) is 0. The van der Waals surface area contributed by atoms with Gasteiger partial charge in [0.05, 0.1) is 11.6 Å². The summed E-state index contributed by atoms with van der Waals surface area (Å²) in [6.45, 7) is 0.849. The van der Waals surface area contributed by atoms with E-state index in [1.807, 2.05) is 12.3 Å². The molecular formula is C20H22N4O. The maximum atomic E-state index is 11.9. The molecule has 2 heterocycles. The summed E-state index contributed by atoms with van der Waals surface area (Å²) in [6, 6.07) is 14.4. The fourth-order valence-electron chi connectivity index (χ4n) is 3.73. The SMILES string of the molecule is O=c1cccnn1C1CCC(NCc2ccnc3ccccc23)CC1. The zero-order chi connectivity index (χ0) is 17.1. The summed E-state index contributed by atoms with van der Waals surface area (Å²) in [6.07, 6.45) is 7.69. The van der Waals surface area contributed by atoms with Crippen LogP contribution >= 0.6 is 0 Å². The fourth-order valence-corrected chi connectivity index (χ4v) is 3.73. The number of benzene rings is 1. The van der Waals surface area contributed by atoms with Crippen molar-refractivity contribution in [3.63, 3.8) is 0 Å². The molecule has 5 nitrogen and oxygen atoms in total. The number of para-hydroxylation sites is 1. The minimum atomic E-state index is 0.00200. The number of hydrogen-bond acceptors (Lipinski definition) is 4. The van der Waals surface area contributed by atoms with Gasteiger partial charge in [-0.05, 0) is 49.4 Å². The Bertz CT molecular complexity index is 907. The molecule has 1 aromatic carbocycles. The number of aromatic nitrogens is 3. The average Bonchev–Trinajstić information content (AvgIpc) is 2.67. The van der Waals surface area contributed by atoms with Gasteiger partial charge in [-0.2, -0.15) is 5.10 Å². The summed E-state index contributed by atoms with van der Waals surface area (Å²) in [5, 5.41) is 9.13. The Kier molecular flexibility index (Phi) is 4.57. The molecule has 1 N–H and O–H groups in total. The van der Waals surface area contributed by atoms with E-state index in [1.54, 1.807) is 23.0 Å². The van der Waals surface area contributed by atoms with Gasteiger partial charge in [-0.1, -0.05) is 18.2 Å². The molecule has 1 fully saturated rings. The molecule has 0 unspecified atom stereocenters. The first-order chi connectivity index (χ1) is 12.3. The molecule has 2 aromatic heterocycles. The van der Waals surface area contributed by atoms with Gasteiger partial charge in [0.25, 0.3) is 5.56 Å². The highest BCUT2D eigenvalue weighted by atomic mass is 16.1. The summed E-state index contributed by atoms with van der Waals surface area (Å²) < 4.78 is 1.65. The molecule has 3 aromatic rings. The average molecular weight is 334 g/mol. The predicted octanol–water partition coefficient (Wildman–Crippen LogP) is 3.07. The number of nitrogens with one attached hydrogen (secondary N) is 1. The summed E-state index contributed by atoms with van der Waals surface area (Å²) in [5.41, 5.74) is 2.33. The van der Waals surface area contributed by atoms with E-state index in [2.05, 4.69) is 39.7 Å². The van der Waals surface area contributed by atoms with E-state index in [0.29, 0.717) is 6.04 Å². The highest BCUT2D eigenvalue weighted by Gasteiger charge is 2.23. The number of pyridine rings is 1. The summed E-state index contributed by atoms with van der Waals surface area (Å²) in [7, 11) is 0. The quantitative estimate of drug-likeness (QED) is 0.796. The van der Waals surface area contributed by atoms with E-state index in [4.69, 9.17) is 0 Å². The minimum absolute atomic E-state index is 0.00200. The Labute approximate surface area is 146 Å². The van der Waals surface area contributed by atoms with Crippen LogP contribution in [0.5, 0.6) is 0 Å². The third kappa shape index (κ3) is 3.46. The third-order valence-corrected chi connectivity index (χ3v) is 5.10. The van der Waals surface area contributed by atoms with Crippen molar-refractivity contribution in [1.29, 1.82) is 0 Å². The van der Waals surface area contributed by atoms with Crippen LogP contribution in [0, 0.1) is 0 Å². The Balaban J connectivity index is 1.38. The molecular weight excluding hydrogens is 312 g/mol. The molecule has 0 atom stereocenters. The normalized spacial score (nSPS) is 20.6. The molecule has 0 amide bonds. The number of fused-ring (bicyclic) bond motifs is 1. The highest BCUT2D eigenvalue weighted by Crippen LogP contribution is 2.27. The van der Waals surface area contributed by atoms with Crippen molar-refractivity contribution in [2.24, 2.45) is 0 Å². The van der Waals surface area contributed by atoms with Crippen molar-refractivity contribution >= 4 is 10.9 Å². The van der Waals surface area contributed by atoms with Crippen molar-refractivity contribution in [2.45, 2.75) is 44.3 Å². The van der Waals surface area contributed by atoms with Crippen LogP contribution in [-0.4, -0.2) is 20.8 Å². The predicted molar refractivity (Wildman–Crippen MR) is 98.4 cm³/mol. The molecule has 0 bridgehead atoms. The summed E-state index contributed by atoms with van der Waals surface area (Å²) in [4.78, 5) is 16.3. The van der Waals surface area contributed by atoms with E-state index >= 15 is 0 Å². The lowest BCUT2D eigenvalue weighted by atomic mass is 9.91. The van der Waals surface area contributed by atoms with Crippen LogP contribution in [0.3, 0.4) is 0 Å². The Morgan fingerprint density at radius 2 is 1.84 bits per heavy atom.